The highest BCUT2D eigenvalue weighted by atomic mass is 16.3. The van der Waals surface area contributed by atoms with E-state index in [1.807, 2.05) is 31.2 Å². The predicted molar refractivity (Wildman–Crippen MR) is 54.4 cm³/mol. The van der Waals surface area contributed by atoms with Crippen LogP contribution in [0.3, 0.4) is 0 Å². The van der Waals surface area contributed by atoms with Gasteiger partial charge in [-0.3, -0.25) is 4.57 Å². The number of fused-ring (bicyclic) bond motifs is 1. The van der Waals surface area contributed by atoms with Gasteiger partial charge in [-0.25, -0.2) is 4.79 Å². The maximum absolute atomic E-state index is 11.5. The molecule has 0 amide bonds. The number of nitrogens with one attached hydrogen (secondary N) is 1. The first kappa shape index (κ1) is 9.02. The highest BCUT2D eigenvalue weighted by Crippen LogP contribution is 2.13. The molecule has 0 aliphatic carbocycles. The average molecular weight is 192 g/mol. The predicted octanol–water partition coefficient (Wildman–Crippen LogP) is 0.883. The van der Waals surface area contributed by atoms with Gasteiger partial charge in [-0.1, -0.05) is 12.1 Å². The zero-order chi connectivity index (χ0) is 10.1. The Hall–Kier alpha value is -1.55. The smallest absolute Gasteiger partial charge is 0.326 e. The van der Waals surface area contributed by atoms with Crippen LogP contribution in [0.1, 0.15) is 13.0 Å². The van der Waals surface area contributed by atoms with Crippen LogP contribution in [0.15, 0.2) is 29.1 Å². The summed E-state index contributed by atoms with van der Waals surface area (Å²) in [5, 5.41) is 9.02. The number of nitrogens with zero attached hydrogens (tertiary/aromatic N) is 1. The number of aliphatic hydroxyl groups is 1. The van der Waals surface area contributed by atoms with Crippen LogP contribution in [-0.4, -0.2) is 21.3 Å². The zero-order valence-corrected chi connectivity index (χ0v) is 7.90. The number of rotatable bonds is 2. The topological polar surface area (TPSA) is 58.0 Å². The number of aromatic amines is 1. The fourth-order valence-electron chi connectivity index (χ4n) is 1.59. The van der Waals surface area contributed by atoms with Crippen molar-refractivity contribution in [2.75, 3.05) is 6.61 Å². The summed E-state index contributed by atoms with van der Waals surface area (Å²) in [5.41, 5.74) is 1.46. The SMILES string of the molecule is C[C@@H](CO)n1c(=O)[nH]c2ccccc21. The van der Waals surface area contributed by atoms with Crippen molar-refractivity contribution in [2.45, 2.75) is 13.0 Å². The summed E-state index contributed by atoms with van der Waals surface area (Å²) >= 11 is 0. The number of imidazole rings is 1. The van der Waals surface area contributed by atoms with E-state index < -0.39 is 0 Å². The summed E-state index contributed by atoms with van der Waals surface area (Å²) in [5.74, 6) is 0. The van der Waals surface area contributed by atoms with E-state index >= 15 is 0 Å². The molecule has 4 heteroatoms. The second-order valence-electron chi connectivity index (χ2n) is 3.35. The Balaban J connectivity index is 2.74. The molecular formula is C10H12N2O2. The van der Waals surface area contributed by atoms with Gasteiger partial charge in [0, 0.05) is 0 Å². The van der Waals surface area contributed by atoms with Crippen LogP contribution in [-0.2, 0) is 0 Å². The van der Waals surface area contributed by atoms with Crippen molar-refractivity contribution in [3.05, 3.63) is 34.7 Å². The van der Waals surface area contributed by atoms with Crippen molar-refractivity contribution in [1.29, 1.82) is 0 Å². The molecule has 2 N–H and O–H groups in total. The molecule has 0 aliphatic heterocycles. The standard InChI is InChI=1S/C10H12N2O2/c1-7(6-13)12-9-5-3-2-4-8(9)11-10(12)14/h2-5,7,13H,6H2,1H3,(H,11,14)/t7-/m0/s1. The molecule has 1 heterocycles. The molecule has 0 saturated carbocycles. The third kappa shape index (κ3) is 1.24. The highest BCUT2D eigenvalue weighted by Gasteiger charge is 2.10. The molecule has 2 rings (SSSR count). The minimum absolute atomic E-state index is 0.0399. The quantitative estimate of drug-likeness (QED) is 0.742. The lowest BCUT2D eigenvalue weighted by Crippen LogP contribution is -2.22. The highest BCUT2D eigenvalue weighted by molar-refractivity contribution is 5.75. The first-order chi connectivity index (χ1) is 6.74. The van der Waals surface area contributed by atoms with Gasteiger partial charge in [0.2, 0.25) is 0 Å². The lowest BCUT2D eigenvalue weighted by atomic mass is 10.3. The molecule has 4 nitrogen and oxygen atoms in total. The molecule has 0 aliphatic rings. The van der Waals surface area contributed by atoms with Gasteiger partial charge < -0.3 is 10.1 Å². The van der Waals surface area contributed by atoms with Gasteiger partial charge in [0.05, 0.1) is 23.7 Å². The average Bonchev–Trinajstić information content (AvgIpc) is 2.53. The summed E-state index contributed by atoms with van der Waals surface area (Å²) in [6, 6.07) is 7.25. The van der Waals surface area contributed by atoms with E-state index in [4.69, 9.17) is 5.11 Å². The van der Waals surface area contributed by atoms with Gasteiger partial charge in [0.25, 0.3) is 0 Å². The van der Waals surface area contributed by atoms with Gasteiger partial charge >= 0.3 is 5.69 Å². The van der Waals surface area contributed by atoms with E-state index in [2.05, 4.69) is 4.98 Å². The van der Waals surface area contributed by atoms with Crippen LogP contribution in [0, 0.1) is 0 Å². The summed E-state index contributed by atoms with van der Waals surface area (Å²) in [6.45, 7) is 1.77. The lowest BCUT2D eigenvalue weighted by molar-refractivity contribution is 0.239. The molecule has 1 aromatic carbocycles. The Morgan fingerprint density at radius 1 is 1.50 bits per heavy atom. The molecule has 0 bridgehead atoms. The van der Waals surface area contributed by atoms with E-state index in [1.165, 1.54) is 0 Å². The van der Waals surface area contributed by atoms with Gasteiger partial charge in [-0.2, -0.15) is 0 Å². The minimum atomic E-state index is -0.196. The van der Waals surface area contributed by atoms with Crippen molar-refractivity contribution in [1.82, 2.24) is 9.55 Å². The van der Waals surface area contributed by atoms with E-state index in [-0.39, 0.29) is 18.3 Å². The molecule has 0 radical (unpaired) electrons. The molecule has 14 heavy (non-hydrogen) atoms. The Morgan fingerprint density at radius 3 is 2.93 bits per heavy atom. The van der Waals surface area contributed by atoms with Crippen LogP contribution in [0.2, 0.25) is 0 Å². The van der Waals surface area contributed by atoms with Crippen LogP contribution in [0.5, 0.6) is 0 Å². The number of H-pyrrole nitrogens is 1. The summed E-state index contributed by atoms with van der Waals surface area (Å²) in [6.07, 6.45) is 0. The van der Waals surface area contributed by atoms with Crippen molar-refractivity contribution in [3.63, 3.8) is 0 Å². The number of hydrogen-bond acceptors (Lipinski definition) is 2. The molecule has 1 atom stereocenters. The van der Waals surface area contributed by atoms with E-state index in [9.17, 15) is 4.79 Å². The summed E-state index contributed by atoms with van der Waals surface area (Å²) in [7, 11) is 0. The Labute approximate surface area is 80.8 Å². The van der Waals surface area contributed by atoms with E-state index in [1.54, 1.807) is 4.57 Å². The molecule has 74 valence electrons. The van der Waals surface area contributed by atoms with Gasteiger partial charge in [-0.05, 0) is 19.1 Å². The number of aliphatic hydroxyl groups excluding tert-OH is 1. The molecule has 0 saturated heterocycles. The second kappa shape index (κ2) is 3.31. The van der Waals surface area contributed by atoms with Crippen molar-refractivity contribution < 1.29 is 5.11 Å². The second-order valence-corrected chi connectivity index (χ2v) is 3.35. The Bertz CT molecular complexity index is 498. The largest absolute Gasteiger partial charge is 0.394 e. The molecule has 0 fully saturated rings. The Kier molecular flexibility index (Phi) is 2.13. The molecule has 1 aromatic heterocycles. The maximum atomic E-state index is 11.5. The fraction of sp³-hybridized carbons (Fsp3) is 0.300. The van der Waals surface area contributed by atoms with E-state index in [0.717, 1.165) is 11.0 Å². The van der Waals surface area contributed by atoms with Crippen LogP contribution in [0.25, 0.3) is 11.0 Å². The van der Waals surface area contributed by atoms with Crippen LogP contribution in [0.4, 0.5) is 0 Å². The molecule has 2 aromatic rings. The number of aromatic nitrogens is 2. The van der Waals surface area contributed by atoms with Crippen molar-refractivity contribution >= 4 is 11.0 Å². The molecule has 0 spiro atoms. The van der Waals surface area contributed by atoms with E-state index in [0.29, 0.717) is 0 Å². The normalized spacial score (nSPS) is 13.3. The first-order valence-corrected chi connectivity index (χ1v) is 4.54. The third-order valence-corrected chi connectivity index (χ3v) is 2.33. The summed E-state index contributed by atoms with van der Waals surface area (Å²) in [4.78, 5) is 14.3. The Morgan fingerprint density at radius 2 is 2.21 bits per heavy atom. The van der Waals surface area contributed by atoms with Crippen molar-refractivity contribution in [3.8, 4) is 0 Å². The van der Waals surface area contributed by atoms with Gasteiger partial charge in [-0.15, -0.1) is 0 Å². The number of benzene rings is 1. The monoisotopic (exact) mass is 192 g/mol. The molecule has 0 unspecified atom stereocenters. The van der Waals surface area contributed by atoms with Gasteiger partial charge in [0.1, 0.15) is 0 Å². The van der Waals surface area contributed by atoms with Crippen molar-refractivity contribution in [2.24, 2.45) is 0 Å². The molecular weight excluding hydrogens is 180 g/mol. The van der Waals surface area contributed by atoms with Crippen LogP contribution >= 0.6 is 0 Å². The first-order valence-electron chi connectivity index (χ1n) is 4.54. The maximum Gasteiger partial charge on any atom is 0.326 e. The number of para-hydroxylation sites is 2. The third-order valence-electron chi connectivity index (χ3n) is 2.33. The summed E-state index contributed by atoms with van der Waals surface area (Å²) < 4.78 is 1.56. The lowest BCUT2D eigenvalue weighted by Gasteiger charge is -2.09. The fourth-order valence-corrected chi connectivity index (χ4v) is 1.59. The minimum Gasteiger partial charge on any atom is -0.394 e. The zero-order valence-electron chi connectivity index (χ0n) is 7.90. The number of hydrogen-bond donors (Lipinski definition) is 2. The van der Waals surface area contributed by atoms with Crippen LogP contribution < -0.4 is 5.69 Å². The van der Waals surface area contributed by atoms with Gasteiger partial charge in [0.15, 0.2) is 0 Å².